The molecule has 2 fully saturated rings. The van der Waals surface area contributed by atoms with Gasteiger partial charge < -0.3 is 4.90 Å². The molecule has 0 aromatic heterocycles. The Labute approximate surface area is 83.2 Å². The molecule has 0 saturated carbocycles. The number of thioether (sulfide) groups is 1. The summed E-state index contributed by atoms with van der Waals surface area (Å²) in [6.45, 7) is 4.13. The highest BCUT2D eigenvalue weighted by Gasteiger charge is 2.30. The van der Waals surface area contributed by atoms with Crippen molar-refractivity contribution in [1.82, 2.24) is 10.2 Å². The zero-order valence-corrected chi connectivity index (χ0v) is 8.77. The van der Waals surface area contributed by atoms with Crippen LogP contribution in [-0.2, 0) is 4.79 Å². The molecular formula is C9H16N2OS. The zero-order chi connectivity index (χ0) is 9.26. The second-order valence-corrected chi connectivity index (χ2v) is 4.98. The lowest BCUT2D eigenvalue weighted by atomic mass is 10.2. The summed E-state index contributed by atoms with van der Waals surface area (Å²) in [4.78, 5) is 13.9. The van der Waals surface area contributed by atoms with Crippen LogP contribution in [0.2, 0.25) is 0 Å². The third-order valence-electron chi connectivity index (χ3n) is 2.75. The van der Waals surface area contributed by atoms with Gasteiger partial charge in [0.2, 0.25) is 5.91 Å². The number of nitrogens with zero attached hydrogens (tertiary/aromatic N) is 1. The van der Waals surface area contributed by atoms with Crippen molar-refractivity contribution < 1.29 is 4.79 Å². The molecule has 2 saturated heterocycles. The molecule has 2 rings (SSSR count). The molecule has 0 aromatic rings. The molecular weight excluding hydrogens is 184 g/mol. The average Bonchev–Trinajstić information content (AvgIpc) is 2.72. The minimum atomic E-state index is 0.0929. The number of hydrogen-bond donors (Lipinski definition) is 1. The van der Waals surface area contributed by atoms with Crippen LogP contribution >= 0.6 is 11.8 Å². The van der Waals surface area contributed by atoms with Crippen molar-refractivity contribution in [3.05, 3.63) is 0 Å². The lowest BCUT2D eigenvalue weighted by Crippen LogP contribution is -2.43. The fraction of sp³-hybridized carbons (Fsp3) is 0.889. The van der Waals surface area contributed by atoms with E-state index in [0.717, 1.165) is 24.7 Å². The van der Waals surface area contributed by atoms with Crippen LogP contribution in [0.5, 0.6) is 0 Å². The molecule has 2 atom stereocenters. The molecule has 1 N–H and O–H groups in total. The van der Waals surface area contributed by atoms with Gasteiger partial charge in [0.1, 0.15) is 0 Å². The van der Waals surface area contributed by atoms with Crippen molar-refractivity contribution >= 4 is 17.7 Å². The van der Waals surface area contributed by atoms with Crippen LogP contribution in [0.3, 0.4) is 0 Å². The lowest BCUT2D eigenvalue weighted by Gasteiger charge is -2.19. The van der Waals surface area contributed by atoms with Crippen molar-refractivity contribution in [2.45, 2.75) is 19.4 Å². The molecule has 0 radical (unpaired) electrons. The number of amides is 1. The molecule has 0 bridgehead atoms. The van der Waals surface area contributed by atoms with Crippen LogP contribution in [0.15, 0.2) is 0 Å². The Morgan fingerprint density at radius 2 is 2.46 bits per heavy atom. The number of nitrogens with one attached hydrogen (secondary N) is 1. The van der Waals surface area contributed by atoms with Crippen LogP contribution in [0.4, 0.5) is 0 Å². The Morgan fingerprint density at radius 1 is 1.62 bits per heavy atom. The molecule has 13 heavy (non-hydrogen) atoms. The molecule has 74 valence electrons. The molecule has 4 heteroatoms. The molecule has 2 heterocycles. The Hall–Kier alpha value is -0.220. The predicted molar refractivity (Wildman–Crippen MR) is 54.6 cm³/mol. The van der Waals surface area contributed by atoms with Gasteiger partial charge in [0.25, 0.3) is 0 Å². The normalized spacial score (nSPS) is 34.1. The summed E-state index contributed by atoms with van der Waals surface area (Å²) in [5.41, 5.74) is 0. The fourth-order valence-electron chi connectivity index (χ4n) is 1.91. The van der Waals surface area contributed by atoms with Gasteiger partial charge in [-0.2, -0.15) is 0 Å². The standard InChI is InChI=1S/C9H16N2OS/c1-7-2-3-11(4-7)9(12)8-5-13-6-10-8/h7-8,10H,2-6H2,1H3. The van der Waals surface area contributed by atoms with Gasteiger partial charge in [0, 0.05) is 24.7 Å². The van der Waals surface area contributed by atoms with Gasteiger partial charge in [-0.3, -0.25) is 10.1 Å². The van der Waals surface area contributed by atoms with Gasteiger partial charge in [-0.25, -0.2) is 0 Å². The summed E-state index contributed by atoms with van der Waals surface area (Å²) in [6.07, 6.45) is 1.17. The first kappa shape index (κ1) is 9.34. The van der Waals surface area contributed by atoms with Crippen LogP contribution < -0.4 is 5.32 Å². The van der Waals surface area contributed by atoms with Crippen molar-refractivity contribution in [3.63, 3.8) is 0 Å². The molecule has 2 aliphatic rings. The van der Waals surface area contributed by atoms with E-state index in [1.165, 1.54) is 6.42 Å². The van der Waals surface area contributed by atoms with Gasteiger partial charge in [-0.15, -0.1) is 11.8 Å². The highest BCUT2D eigenvalue weighted by molar-refractivity contribution is 7.99. The van der Waals surface area contributed by atoms with Crippen LogP contribution in [0.25, 0.3) is 0 Å². The number of rotatable bonds is 1. The number of likely N-dealkylation sites (tertiary alicyclic amines) is 1. The minimum Gasteiger partial charge on any atom is -0.341 e. The van der Waals surface area contributed by atoms with Gasteiger partial charge >= 0.3 is 0 Å². The summed E-state index contributed by atoms with van der Waals surface area (Å²) in [5.74, 6) is 2.89. The predicted octanol–water partition coefficient (Wildman–Crippen LogP) is 0.517. The highest BCUT2D eigenvalue weighted by atomic mass is 32.2. The third-order valence-corrected chi connectivity index (χ3v) is 3.69. The smallest absolute Gasteiger partial charge is 0.240 e. The SMILES string of the molecule is CC1CCN(C(=O)C2CSCN2)C1. The Balaban J connectivity index is 1.89. The first-order chi connectivity index (χ1) is 6.27. The summed E-state index contributed by atoms with van der Waals surface area (Å²) >= 11 is 1.81. The maximum atomic E-state index is 11.8. The van der Waals surface area contributed by atoms with Crippen LogP contribution in [-0.4, -0.2) is 41.6 Å². The van der Waals surface area contributed by atoms with E-state index >= 15 is 0 Å². The van der Waals surface area contributed by atoms with E-state index in [1.54, 1.807) is 0 Å². The van der Waals surface area contributed by atoms with E-state index in [-0.39, 0.29) is 6.04 Å². The summed E-state index contributed by atoms with van der Waals surface area (Å²) in [5, 5.41) is 3.22. The van der Waals surface area contributed by atoms with Crippen molar-refractivity contribution in [1.29, 1.82) is 0 Å². The van der Waals surface area contributed by atoms with Gasteiger partial charge in [-0.05, 0) is 12.3 Å². The fourth-order valence-corrected chi connectivity index (χ4v) is 2.84. The minimum absolute atomic E-state index is 0.0929. The maximum absolute atomic E-state index is 11.8. The monoisotopic (exact) mass is 200 g/mol. The van der Waals surface area contributed by atoms with Gasteiger partial charge in [0.15, 0.2) is 0 Å². The summed E-state index contributed by atoms with van der Waals surface area (Å²) in [7, 11) is 0. The van der Waals surface area contributed by atoms with E-state index in [4.69, 9.17) is 0 Å². The second-order valence-electron chi connectivity index (χ2n) is 3.95. The zero-order valence-electron chi connectivity index (χ0n) is 7.95. The second kappa shape index (κ2) is 3.88. The van der Waals surface area contributed by atoms with Crippen molar-refractivity contribution in [2.75, 3.05) is 24.7 Å². The summed E-state index contributed by atoms with van der Waals surface area (Å²) < 4.78 is 0. The van der Waals surface area contributed by atoms with E-state index < -0.39 is 0 Å². The molecule has 1 amide bonds. The third kappa shape index (κ3) is 1.99. The number of carbonyl (C=O) groups excluding carboxylic acids is 1. The van der Waals surface area contributed by atoms with Crippen LogP contribution in [0.1, 0.15) is 13.3 Å². The average molecular weight is 200 g/mol. The molecule has 3 nitrogen and oxygen atoms in total. The lowest BCUT2D eigenvalue weighted by molar-refractivity contribution is -0.131. The van der Waals surface area contributed by atoms with E-state index in [0.29, 0.717) is 11.8 Å². The molecule has 2 aliphatic heterocycles. The molecule has 0 aromatic carbocycles. The van der Waals surface area contributed by atoms with Crippen molar-refractivity contribution in [2.24, 2.45) is 5.92 Å². The van der Waals surface area contributed by atoms with Gasteiger partial charge in [0.05, 0.1) is 6.04 Å². The van der Waals surface area contributed by atoms with Crippen LogP contribution in [0, 0.1) is 5.92 Å². The highest BCUT2D eigenvalue weighted by Crippen LogP contribution is 2.18. The summed E-state index contributed by atoms with van der Waals surface area (Å²) in [6, 6.07) is 0.0929. The molecule has 2 unspecified atom stereocenters. The van der Waals surface area contributed by atoms with Gasteiger partial charge in [-0.1, -0.05) is 6.92 Å². The molecule has 0 aliphatic carbocycles. The largest absolute Gasteiger partial charge is 0.341 e. The Bertz CT molecular complexity index is 204. The van der Waals surface area contributed by atoms with E-state index in [2.05, 4.69) is 12.2 Å². The Morgan fingerprint density at radius 3 is 3.00 bits per heavy atom. The maximum Gasteiger partial charge on any atom is 0.240 e. The molecule has 0 spiro atoms. The first-order valence-corrected chi connectivity index (χ1v) is 6.03. The quantitative estimate of drug-likeness (QED) is 0.669. The number of carbonyl (C=O) groups is 1. The van der Waals surface area contributed by atoms with E-state index in [9.17, 15) is 4.79 Å². The van der Waals surface area contributed by atoms with E-state index in [1.807, 2.05) is 16.7 Å². The number of hydrogen-bond acceptors (Lipinski definition) is 3. The Kier molecular flexibility index (Phi) is 2.79. The topological polar surface area (TPSA) is 32.3 Å². The van der Waals surface area contributed by atoms with Crippen molar-refractivity contribution in [3.8, 4) is 0 Å². The first-order valence-electron chi connectivity index (χ1n) is 4.87.